The third kappa shape index (κ3) is 4.64. The average Bonchev–Trinajstić information content (AvgIpc) is 2.50. The SMILES string of the molecule is CCCC([Se]c1ccccc1)C(O)[C@@H]1OC(C)(C)OCC1=O. The predicted molar refractivity (Wildman–Crippen MR) is 86.4 cm³/mol. The molecule has 5 heteroatoms. The molecule has 1 aliphatic rings. The van der Waals surface area contributed by atoms with Gasteiger partial charge in [-0.3, -0.25) is 0 Å². The first-order valence-electron chi connectivity index (χ1n) is 7.67. The van der Waals surface area contributed by atoms with Crippen LogP contribution < -0.4 is 4.46 Å². The molecule has 3 atom stereocenters. The van der Waals surface area contributed by atoms with Crippen molar-refractivity contribution in [1.82, 2.24) is 0 Å². The Labute approximate surface area is 138 Å². The van der Waals surface area contributed by atoms with E-state index in [1.54, 1.807) is 13.8 Å². The van der Waals surface area contributed by atoms with Gasteiger partial charge in [-0.25, -0.2) is 0 Å². The second-order valence-corrected chi connectivity index (χ2v) is 8.70. The average molecular weight is 371 g/mol. The number of carbonyl (C=O) groups excluding carboxylic acids is 1. The van der Waals surface area contributed by atoms with Gasteiger partial charge in [0.1, 0.15) is 0 Å². The summed E-state index contributed by atoms with van der Waals surface area (Å²) in [5, 5.41) is 10.7. The van der Waals surface area contributed by atoms with Crippen LogP contribution in [0.15, 0.2) is 30.3 Å². The van der Waals surface area contributed by atoms with Crippen LogP contribution in [-0.2, 0) is 14.3 Å². The van der Waals surface area contributed by atoms with Crippen molar-refractivity contribution in [2.75, 3.05) is 6.61 Å². The molecule has 22 heavy (non-hydrogen) atoms. The Morgan fingerprint density at radius 3 is 2.68 bits per heavy atom. The number of hydrogen-bond acceptors (Lipinski definition) is 4. The minimum absolute atomic E-state index is 0.00586. The third-order valence-corrected chi connectivity index (χ3v) is 6.44. The Kier molecular flexibility index (Phi) is 6.18. The summed E-state index contributed by atoms with van der Waals surface area (Å²) < 4.78 is 12.3. The summed E-state index contributed by atoms with van der Waals surface area (Å²) in [5.74, 6) is -0.993. The van der Waals surface area contributed by atoms with E-state index in [-0.39, 0.29) is 32.2 Å². The van der Waals surface area contributed by atoms with E-state index >= 15 is 0 Å². The molecule has 0 aromatic heterocycles. The topological polar surface area (TPSA) is 55.8 Å². The number of Topliss-reactive ketones (excluding diaryl/α,β-unsaturated/α-hetero) is 1. The molecule has 1 aromatic rings. The fourth-order valence-electron chi connectivity index (χ4n) is 2.45. The summed E-state index contributed by atoms with van der Waals surface area (Å²) in [6.45, 7) is 5.65. The van der Waals surface area contributed by atoms with Gasteiger partial charge in [-0.05, 0) is 0 Å². The minimum atomic E-state index is -0.823. The zero-order chi connectivity index (χ0) is 16.2. The van der Waals surface area contributed by atoms with Crippen LogP contribution in [0, 0.1) is 0 Å². The van der Waals surface area contributed by atoms with Crippen LogP contribution in [0.25, 0.3) is 0 Å². The molecule has 1 heterocycles. The number of benzene rings is 1. The number of carbonyl (C=O) groups is 1. The van der Waals surface area contributed by atoms with Crippen LogP contribution in [0.5, 0.6) is 0 Å². The number of ketones is 1. The van der Waals surface area contributed by atoms with Gasteiger partial charge in [0, 0.05) is 0 Å². The molecule has 4 nitrogen and oxygen atoms in total. The summed E-state index contributed by atoms with van der Waals surface area (Å²) in [4.78, 5) is 12.1. The van der Waals surface area contributed by atoms with Gasteiger partial charge in [0.2, 0.25) is 0 Å². The van der Waals surface area contributed by atoms with Gasteiger partial charge in [-0.2, -0.15) is 0 Å². The van der Waals surface area contributed by atoms with E-state index in [0.717, 1.165) is 12.8 Å². The molecular formula is C17H24O4Se. The van der Waals surface area contributed by atoms with Crippen LogP contribution >= 0.6 is 0 Å². The third-order valence-electron chi connectivity index (χ3n) is 3.59. The van der Waals surface area contributed by atoms with Crippen molar-refractivity contribution in [2.45, 2.75) is 56.4 Å². The zero-order valence-electron chi connectivity index (χ0n) is 13.3. The monoisotopic (exact) mass is 372 g/mol. The fraction of sp³-hybridized carbons (Fsp3) is 0.588. The van der Waals surface area contributed by atoms with Crippen molar-refractivity contribution < 1.29 is 19.4 Å². The molecule has 0 spiro atoms. The van der Waals surface area contributed by atoms with Gasteiger partial charge in [-0.15, -0.1) is 0 Å². The van der Waals surface area contributed by atoms with Gasteiger partial charge in [0.15, 0.2) is 0 Å². The van der Waals surface area contributed by atoms with Crippen molar-refractivity contribution in [3.8, 4) is 0 Å². The van der Waals surface area contributed by atoms with E-state index in [9.17, 15) is 9.90 Å². The van der Waals surface area contributed by atoms with E-state index in [1.807, 2.05) is 18.2 Å². The van der Waals surface area contributed by atoms with E-state index in [4.69, 9.17) is 9.47 Å². The molecule has 0 radical (unpaired) electrons. The Bertz CT molecular complexity index is 489. The standard InChI is InChI=1S/C17H24O4Se/c1-4-8-14(22-12-9-6-5-7-10-12)15(19)16-13(18)11-20-17(2,3)21-16/h5-7,9-10,14-16,19H,4,8,11H2,1-3H3/t14?,15?,16-/m1/s1. The van der Waals surface area contributed by atoms with Gasteiger partial charge in [0.25, 0.3) is 0 Å². The first-order valence-corrected chi connectivity index (χ1v) is 9.52. The maximum absolute atomic E-state index is 12.1. The number of rotatable bonds is 6. The molecule has 1 aromatic carbocycles. The first-order chi connectivity index (χ1) is 10.4. The van der Waals surface area contributed by atoms with Crippen LogP contribution in [0.3, 0.4) is 0 Å². The molecule has 2 rings (SSSR count). The Morgan fingerprint density at radius 2 is 2.05 bits per heavy atom. The molecular weight excluding hydrogens is 347 g/mol. The van der Waals surface area contributed by atoms with Crippen LogP contribution in [0.2, 0.25) is 4.82 Å². The number of aliphatic hydroxyl groups excluding tert-OH is 1. The quantitative estimate of drug-likeness (QED) is 0.774. The number of aliphatic hydroxyl groups is 1. The molecule has 1 saturated heterocycles. The Morgan fingerprint density at radius 1 is 1.36 bits per heavy atom. The number of hydrogen-bond donors (Lipinski definition) is 1. The molecule has 1 aliphatic heterocycles. The van der Waals surface area contributed by atoms with E-state index in [2.05, 4.69) is 19.1 Å². The van der Waals surface area contributed by atoms with E-state index < -0.39 is 18.0 Å². The first kappa shape index (κ1) is 17.6. The van der Waals surface area contributed by atoms with Gasteiger partial charge >= 0.3 is 138 Å². The molecule has 1 fully saturated rings. The zero-order valence-corrected chi connectivity index (χ0v) is 15.0. The van der Waals surface area contributed by atoms with Crippen molar-refractivity contribution in [3.05, 3.63) is 30.3 Å². The number of ether oxygens (including phenoxy) is 2. The molecule has 0 saturated carbocycles. The molecule has 2 unspecified atom stereocenters. The van der Waals surface area contributed by atoms with Crippen molar-refractivity contribution in [2.24, 2.45) is 0 Å². The maximum atomic E-state index is 12.1. The molecule has 1 N–H and O–H groups in total. The van der Waals surface area contributed by atoms with Crippen molar-refractivity contribution in [3.63, 3.8) is 0 Å². The second-order valence-electron chi connectivity index (χ2n) is 5.94. The summed E-state index contributed by atoms with van der Waals surface area (Å²) in [6.07, 6.45) is 0.281. The van der Waals surface area contributed by atoms with Crippen LogP contribution in [-0.4, -0.2) is 50.4 Å². The molecule has 0 bridgehead atoms. The van der Waals surface area contributed by atoms with Crippen LogP contribution in [0.4, 0.5) is 0 Å². The van der Waals surface area contributed by atoms with Gasteiger partial charge in [-0.1, -0.05) is 0 Å². The van der Waals surface area contributed by atoms with Crippen LogP contribution in [0.1, 0.15) is 33.6 Å². The fourth-order valence-corrected chi connectivity index (χ4v) is 5.17. The van der Waals surface area contributed by atoms with Gasteiger partial charge in [0.05, 0.1) is 0 Å². The predicted octanol–water partition coefficient (Wildman–Crippen LogP) is 1.69. The van der Waals surface area contributed by atoms with E-state index in [0.29, 0.717) is 0 Å². The molecule has 0 amide bonds. The Balaban J connectivity index is 2.11. The van der Waals surface area contributed by atoms with Crippen molar-refractivity contribution in [1.29, 1.82) is 0 Å². The molecule has 0 aliphatic carbocycles. The van der Waals surface area contributed by atoms with Crippen molar-refractivity contribution >= 4 is 25.2 Å². The molecule has 122 valence electrons. The summed E-state index contributed by atoms with van der Waals surface area (Å²) in [6, 6.07) is 10.1. The summed E-state index contributed by atoms with van der Waals surface area (Å²) in [5.41, 5.74) is 0. The van der Waals surface area contributed by atoms with E-state index in [1.165, 1.54) is 4.46 Å². The summed E-state index contributed by atoms with van der Waals surface area (Å²) in [7, 11) is 0. The Hall–Kier alpha value is -0.711. The summed E-state index contributed by atoms with van der Waals surface area (Å²) >= 11 is 0.1000. The second kappa shape index (κ2) is 7.71. The van der Waals surface area contributed by atoms with Gasteiger partial charge < -0.3 is 0 Å². The normalized spacial score (nSPS) is 24.0.